The number of hydrogen-bond donors (Lipinski definition) is 1. The van der Waals surface area contributed by atoms with Crippen LogP contribution >= 0.6 is 0 Å². The van der Waals surface area contributed by atoms with Gasteiger partial charge in [0.15, 0.2) is 0 Å². The lowest BCUT2D eigenvalue weighted by atomic mass is 10.1. The summed E-state index contributed by atoms with van der Waals surface area (Å²) in [5, 5.41) is 3.87. The van der Waals surface area contributed by atoms with Gasteiger partial charge in [-0.2, -0.15) is 0 Å². The quantitative estimate of drug-likeness (QED) is 0.788. The predicted molar refractivity (Wildman–Crippen MR) is 77.2 cm³/mol. The fourth-order valence-corrected chi connectivity index (χ4v) is 3.75. The normalized spacial score (nSPS) is 15.2. The summed E-state index contributed by atoms with van der Waals surface area (Å²) in [6.45, 7) is 7.41. The van der Waals surface area contributed by atoms with Crippen LogP contribution in [0.25, 0.3) is 0 Å². The van der Waals surface area contributed by atoms with Crippen molar-refractivity contribution < 1.29 is 17.7 Å². The molecule has 1 heterocycles. The molecule has 0 spiro atoms. The second kappa shape index (κ2) is 7.19. The summed E-state index contributed by atoms with van der Waals surface area (Å²) < 4.78 is 36.9. The molecular weight excluding hydrogens is 280 g/mol. The van der Waals surface area contributed by atoms with Crippen molar-refractivity contribution in [3.05, 3.63) is 17.0 Å². The first-order chi connectivity index (χ1) is 9.29. The number of sulfonamides is 1. The summed E-state index contributed by atoms with van der Waals surface area (Å²) in [6.07, 6.45) is 0.943. The smallest absolute Gasteiger partial charge is 0.214 e. The van der Waals surface area contributed by atoms with Crippen molar-refractivity contribution in [3.8, 4) is 0 Å². The number of methoxy groups -OCH3 is 1. The van der Waals surface area contributed by atoms with E-state index in [1.165, 1.54) is 7.11 Å². The summed E-state index contributed by atoms with van der Waals surface area (Å²) in [7, 11) is -1.83. The van der Waals surface area contributed by atoms with Crippen molar-refractivity contribution in [1.29, 1.82) is 0 Å². The molecule has 0 saturated carbocycles. The highest BCUT2D eigenvalue weighted by molar-refractivity contribution is 7.89. The molecule has 0 radical (unpaired) electrons. The van der Waals surface area contributed by atoms with Gasteiger partial charge in [0.25, 0.3) is 0 Å². The minimum Gasteiger partial charge on any atom is -0.380 e. The number of nitrogens with zero attached hydrogens (tertiary/aromatic N) is 1. The van der Waals surface area contributed by atoms with E-state index in [-0.39, 0.29) is 17.9 Å². The van der Waals surface area contributed by atoms with Crippen LogP contribution in [0.5, 0.6) is 0 Å². The fourth-order valence-electron chi connectivity index (χ4n) is 2.09. The Morgan fingerprint density at radius 1 is 1.40 bits per heavy atom. The SMILES string of the molecule is CCC(CS(=O)(=O)NC(C)Cc1c(C)noc1C)OC. The second-order valence-electron chi connectivity index (χ2n) is 5.07. The zero-order chi connectivity index (χ0) is 15.3. The molecule has 1 N–H and O–H groups in total. The standard InChI is InChI=1S/C13H24N2O4S/c1-6-12(18-5)8-20(16,17)15-9(2)7-13-10(3)14-19-11(13)4/h9,12,15H,6-8H2,1-5H3. The maximum Gasteiger partial charge on any atom is 0.214 e. The minimum atomic E-state index is -3.36. The van der Waals surface area contributed by atoms with Crippen molar-refractivity contribution in [2.24, 2.45) is 0 Å². The zero-order valence-corrected chi connectivity index (χ0v) is 13.6. The molecule has 116 valence electrons. The monoisotopic (exact) mass is 304 g/mol. The molecule has 7 heteroatoms. The molecule has 6 nitrogen and oxygen atoms in total. The van der Waals surface area contributed by atoms with Gasteiger partial charge in [-0.15, -0.1) is 0 Å². The number of rotatable bonds is 8. The Morgan fingerprint density at radius 3 is 2.50 bits per heavy atom. The molecule has 0 saturated heterocycles. The van der Waals surface area contributed by atoms with Gasteiger partial charge in [-0.3, -0.25) is 0 Å². The van der Waals surface area contributed by atoms with E-state index < -0.39 is 10.0 Å². The number of ether oxygens (including phenoxy) is 1. The van der Waals surface area contributed by atoms with Crippen LogP contribution in [0.4, 0.5) is 0 Å². The Labute approximate surface area is 120 Å². The Morgan fingerprint density at radius 2 is 2.05 bits per heavy atom. The number of aryl methyl sites for hydroxylation is 2. The average Bonchev–Trinajstić information content (AvgIpc) is 2.67. The van der Waals surface area contributed by atoms with E-state index in [0.29, 0.717) is 12.8 Å². The van der Waals surface area contributed by atoms with Crippen LogP contribution in [0.2, 0.25) is 0 Å². The van der Waals surface area contributed by atoms with Gasteiger partial charge in [0.2, 0.25) is 10.0 Å². The molecule has 20 heavy (non-hydrogen) atoms. The van der Waals surface area contributed by atoms with E-state index in [1.807, 2.05) is 27.7 Å². The van der Waals surface area contributed by atoms with Crippen molar-refractivity contribution in [2.45, 2.75) is 52.7 Å². The topological polar surface area (TPSA) is 81.4 Å². The molecule has 0 aliphatic carbocycles. The summed E-state index contributed by atoms with van der Waals surface area (Å²) in [4.78, 5) is 0. The minimum absolute atomic E-state index is 0.0219. The second-order valence-corrected chi connectivity index (χ2v) is 6.87. The molecule has 2 unspecified atom stereocenters. The van der Waals surface area contributed by atoms with Crippen LogP contribution < -0.4 is 4.72 Å². The average molecular weight is 304 g/mol. The molecule has 1 rings (SSSR count). The van der Waals surface area contributed by atoms with Crippen molar-refractivity contribution >= 4 is 10.0 Å². The Kier molecular flexibility index (Phi) is 6.16. The molecule has 0 amide bonds. The van der Waals surface area contributed by atoms with Crippen LogP contribution in [-0.2, 0) is 21.2 Å². The molecule has 0 fully saturated rings. The largest absolute Gasteiger partial charge is 0.380 e. The van der Waals surface area contributed by atoms with Gasteiger partial charge < -0.3 is 9.26 Å². The molecule has 1 aromatic heterocycles. The summed E-state index contributed by atoms with van der Waals surface area (Å²) in [6, 6.07) is -0.217. The lowest BCUT2D eigenvalue weighted by Gasteiger charge is -2.17. The van der Waals surface area contributed by atoms with E-state index in [1.54, 1.807) is 0 Å². The maximum absolute atomic E-state index is 12.0. The predicted octanol–water partition coefficient (Wildman–Crippen LogP) is 1.57. The Bertz CT molecular complexity index is 501. The number of aromatic nitrogens is 1. The van der Waals surface area contributed by atoms with Gasteiger partial charge in [0.05, 0.1) is 17.6 Å². The van der Waals surface area contributed by atoms with Crippen LogP contribution in [-0.4, -0.2) is 38.6 Å². The third-order valence-electron chi connectivity index (χ3n) is 3.27. The Hall–Kier alpha value is -0.920. The van der Waals surface area contributed by atoms with Crippen LogP contribution in [0.15, 0.2) is 4.52 Å². The first kappa shape index (κ1) is 17.1. The van der Waals surface area contributed by atoms with E-state index in [0.717, 1.165) is 17.0 Å². The van der Waals surface area contributed by atoms with Crippen LogP contribution in [0, 0.1) is 13.8 Å². The van der Waals surface area contributed by atoms with Gasteiger partial charge in [0.1, 0.15) is 5.76 Å². The number of hydrogen-bond acceptors (Lipinski definition) is 5. The number of nitrogens with one attached hydrogen (secondary N) is 1. The van der Waals surface area contributed by atoms with E-state index >= 15 is 0 Å². The molecule has 2 atom stereocenters. The van der Waals surface area contributed by atoms with Crippen molar-refractivity contribution in [1.82, 2.24) is 9.88 Å². The van der Waals surface area contributed by atoms with Gasteiger partial charge in [-0.05, 0) is 33.6 Å². The van der Waals surface area contributed by atoms with Crippen LogP contribution in [0.3, 0.4) is 0 Å². The summed E-state index contributed by atoms with van der Waals surface area (Å²) in [5.41, 5.74) is 1.76. The lowest BCUT2D eigenvalue weighted by molar-refractivity contribution is 0.117. The molecular formula is C13H24N2O4S. The third kappa shape index (κ3) is 4.88. The molecule has 0 aliphatic heterocycles. The summed E-state index contributed by atoms with van der Waals surface area (Å²) in [5.74, 6) is 0.711. The maximum atomic E-state index is 12.0. The van der Waals surface area contributed by atoms with Gasteiger partial charge in [0, 0.05) is 18.7 Å². The highest BCUT2D eigenvalue weighted by Crippen LogP contribution is 2.14. The van der Waals surface area contributed by atoms with E-state index in [4.69, 9.17) is 9.26 Å². The highest BCUT2D eigenvalue weighted by Gasteiger charge is 2.21. The fraction of sp³-hybridized carbons (Fsp3) is 0.769. The van der Waals surface area contributed by atoms with E-state index in [9.17, 15) is 8.42 Å². The summed E-state index contributed by atoms with van der Waals surface area (Å²) >= 11 is 0. The molecule has 0 aromatic carbocycles. The third-order valence-corrected chi connectivity index (χ3v) is 4.84. The first-order valence-corrected chi connectivity index (χ1v) is 8.38. The van der Waals surface area contributed by atoms with Crippen LogP contribution in [0.1, 0.15) is 37.3 Å². The van der Waals surface area contributed by atoms with Gasteiger partial charge in [-0.25, -0.2) is 13.1 Å². The molecule has 0 bridgehead atoms. The molecule has 0 aliphatic rings. The van der Waals surface area contributed by atoms with Crippen molar-refractivity contribution in [3.63, 3.8) is 0 Å². The zero-order valence-electron chi connectivity index (χ0n) is 12.8. The highest BCUT2D eigenvalue weighted by atomic mass is 32.2. The van der Waals surface area contributed by atoms with Crippen molar-refractivity contribution in [2.75, 3.05) is 12.9 Å². The lowest BCUT2D eigenvalue weighted by Crippen LogP contribution is -2.39. The van der Waals surface area contributed by atoms with Gasteiger partial charge in [-0.1, -0.05) is 12.1 Å². The molecule has 1 aromatic rings. The van der Waals surface area contributed by atoms with E-state index in [2.05, 4.69) is 9.88 Å². The first-order valence-electron chi connectivity index (χ1n) is 6.73. The Balaban J connectivity index is 2.63. The van der Waals surface area contributed by atoms with Gasteiger partial charge >= 0.3 is 0 Å².